The molecule has 1 heterocycles. The zero-order valence-corrected chi connectivity index (χ0v) is 12.5. The molecule has 0 unspecified atom stereocenters. The lowest BCUT2D eigenvalue weighted by molar-refractivity contribution is 0.317. The van der Waals surface area contributed by atoms with E-state index in [-0.39, 0.29) is 5.41 Å². The maximum Gasteiger partial charge on any atom is 0.171 e. The summed E-state index contributed by atoms with van der Waals surface area (Å²) < 4.78 is 0. The summed E-state index contributed by atoms with van der Waals surface area (Å²) in [5.41, 5.74) is 1.05. The van der Waals surface area contributed by atoms with Gasteiger partial charge in [0.2, 0.25) is 0 Å². The van der Waals surface area contributed by atoms with Gasteiger partial charge in [0.1, 0.15) is 5.82 Å². The van der Waals surface area contributed by atoms with Gasteiger partial charge >= 0.3 is 0 Å². The van der Waals surface area contributed by atoms with Crippen LogP contribution in [0.2, 0.25) is 0 Å². The molecule has 0 radical (unpaired) electrons. The number of hydrogen-bond acceptors (Lipinski definition) is 3. The Labute approximate surface area is 115 Å². The van der Waals surface area contributed by atoms with Gasteiger partial charge in [0.05, 0.1) is 11.9 Å². The van der Waals surface area contributed by atoms with Gasteiger partial charge in [-0.2, -0.15) is 0 Å². The molecular weight excluding hydrogens is 244 g/mol. The van der Waals surface area contributed by atoms with Crippen molar-refractivity contribution in [3.8, 4) is 0 Å². The summed E-state index contributed by atoms with van der Waals surface area (Å²) in [4.78, 5) is 4.22. The fraction of sp³-hybridized carbons (Fsp3) is 0.538. The van der Waals surface area contributed by atoms with Gasteiger partial charge in [0.15, 0.2) is 5.11 Å². The summed E-state index contributed by atoms with van der Waals surface area (Å²) in [6.07, 6.45) is 1.75. The summed E-state index contributed by atoms with van der Waals surface area (Å²) >= 11 is 5.28. The van der Waals surface area contributed by atoms with Gasteiger partial charge in [0.25, 0.3) is 0 Å². The van der Waals surface area contributed by atoms with Crippen molar-refractivity contribution < 1.29 is 0 Å². The highest BCUT2D eigenvalue weighted by Gasteiger charge is 2.20. The third-order valence-electron chi connectivity index (χ3n) is 2.92. The molecule has 0 fully saturated rings. The van der Waals surface area contributed by atoms with E-state index in [1.807, 2.05) is 19.2 Å². The second-order valence-electron chi connectivity index (χ2n) is 5.37. The van der Waals surface area contributed by atoms with Crippen LogP contribution in [-0.2, 0) is 0 Å². The van der Waals surface area contributed by atoms with Gasteiger partial charge in [0, 0.05) is 13.1 Å². The van der Waals surface area contributed by atoms with E-state index in [2.05, 4.69) is 48.6 Å². The van der Waals surface area contributed by atoms with Crippen LogP contribution < -0.4 is 16.0 Å². The fourth-order valence-corrected chi connectivity index (χ4v) is 1.49. The zero-order chi connectivity index (χ0) is 13.8. The molecule has 0 bridgehead atoms. The van der Waals surface area contributed by atoms with Crippen molar-refractivity contribution >= 4 is 28.8 Å². The molecule has 18 heavy (non-hydrogen) atoms. The monoisotopic (exact) mass is 266 g/mol. The number of thiocarbonyl (C=S) groups is 1. The van der Waals surface area contributed by atoms with E-state index in [1.54, 1.807) is 6.20 Å². The Balaban J connectivity index is 2.54. The summed E-state index contributed by atoms with van der Waals surface area (Å²) in [5, 5.41) is 9.99. The number of rotatable bonds is 3. The average molecular weight is 266 g/mol. The highest BCUT2D eigenvalue weighted by atomic mass is 32.1. The van der Waals surface area contributed by atoms with E-state index in [0.29, 0.717) is 11.2 Å². The summed E-state index contributed by atoms with van der Waals surface area (Å²) in [6.45, 7) is 8.65. The van der Waals surface area contributed by atoms with Crippen molar-refractivity contribution in [2.75, 3.05) is 17.7 Å². The molecule has 0 saturated heterocycles. The lowest BCUT2D eigenvalue weighted by Gasteiger charge is -2.29. The van der Waals surface area contributed by atoms with Gasteiger partial charge in [-0.1, -0.05) is 20.8 Å². The molecule has 1 aromatic rings. The van der Waals surface area contributed by atoms with Gasteiger partial charge in [-0.25, -0.2) is 4.98 Å². The van der Waals surface area contributed by atoms with Gasteiger partial charge in [-0.3, -0.25) is 0 Å². The topological polar surface area (TPSA) is 49.0 Å². The van der Waals surface area contributed by atoms with E-state index in [9.17, 15) is 0 Å². The molecule has 1 atom stereocenters. The van der Waals surface area contributed by atoms with Crippen molar-refractivity contribution in [1.29, 1.82) is 0 Å². The van der Waals surface area contributed by atoms with Gasteiger partial charge < -0.3 is 16.0 Å². The van der Waals surface area contributed by atoms with E-state index in [0.717, 1.165) is 11.5 Å². The summed E-state index contributed by atoms with van der Waals surface area (Å²) in [5.74, 6) is 0.836. The number of hydrogen-bond donors (Lipinski definition) is 3. The Hall–Kier alpha value is -1.36. The number of anilines is 2. The van der Waals surface area contributed by atoms with Crippen molar-refractivity contribution in [3.63, 3.8) is 0 Å². The molecule has 4 nitrogen and oxygen atoms in total. The lowest BCUT2D eigenvalue weighted by Crippen LogP contribution is -2.43. The minimum absolute atomic E-state index is 0.167. The number of pyridine rings is 1. The fourth-order valence-electron chi connectivity index (χ4n) is 1.20. The normalized spacial score (nSPS) is 12.7. The van der Waals surface area contributed by atoms with E-state index in [4.69, 9.17) is 12.2 Å². The minimum Gasteiger partial charge on any atom is -0.373 e. The summed E-state index contributed by atoms with van der Waals surface area (Å²) in [6, 6.07) is 4.13. The predicted molar refractivity (Wildman–Crippen MR) is 82.1 cm³/mol. The molecular formula is C13H22N4S. The van der Waals surface area contributed by atoms with Crippen LogP contribution in [0.5, 0.6) is 0 Å². The van der Waals surface area contributed by atoms with E-state index in [1.165, 1.54) is 0 Å². The molecule has 3 N–H and O–H groups in total. The SMILES string of the molecule is CNc1ccc(NC(=S)N[C@H](C)C(C)(C)C)cn1. The van der Waals surface area contributed by atoms with Crippen LogP contribution >= 0.6 is 12.2 Å². The highest BCUT2D eigenvalue weighted by molar-refractivity contribution is 7.80. The first-order valence-electron chi connectivity index (χ1n) is 6.04. The van der Waals surface area contributed by atoms with E-state index >= 15 is 0 Å². The Morgan fingerprint density at radius 2 is 2.00 bits per heavy atom. The second kappa shape index (κ2) is 6.00. The standard InChI is InChI=1S/C13H22N4S/c1-9(13(2,3)4)16-12(18)17-10-6-7-11(14-5)15-8-10/h6-9H,1-5H3,(H,14,15)(H2,16,17,18)/t9-/m1/s1. The molecule has 0 saturated carbocycles. The maximum absolute atomic E-state index is 5.28. The maximum atomic E-state index is 5.28. The Bertz CT molecular complexity index is 394. The van der Waals surface area contributed by atoms with Crippen LogP contribution in [-0.4, -0.2) is 23.2 Å². The first kappa shape index (κ1) is 14.7. The van der Waals surface area contributed by atoms with Crippen LogP contribution in [0, 0.1) is 5.41 Å². The second-order valence-corrected chi connectivity index (χ2v) is 5.78. The lowest BCUT2D eigenvalue weighted by atomic mass is 9.88. The number of aromatic nitrogens is 1. The van der Waals surface area contributed by atoms with Crippen LogP contribution in [0.15, 0.2) is 18.3 Å². The van der Waals surface area contributed by atoms with Crippen molar-refractivity contribution in [2.24, 2.45) is 5.41 Å². The molecule has 0 aliphatic rings. The molecule has 5 heteroatoms. The molecule has 1 rings (SSSR count). The summed E-state index contributed by atoms with van der Waals surface area (Å²) in [7, 11) is 1.84. The zero-order valence-electron chi connectivity index (χ0n) is 11.7. The number of nitrogens with one attached hydrogen (secondary N) is 3. The predicted octanol–water partition coefficient (Wildman–Crippen LogP) is 2.84. The first-order chi connectivity index (χ1) is 8.32. The van der Waals surface area contributed by atoms with Crippen LogP contribution in [0.25, 0.3) is 0 Å². The molecule has 0 amide bonds. The van der Waals surface area contributed by atoms with Gasteiger partial charge in [-0.15, -0.1) is 0 Å². The van der Waals surface area contributed by atoms with Crippen LogP contribution in [0.1, 0.15) is 27.7 Å². The Kier molecular flexibility index (Phi) is 4.90. The molecule has 0 spiro atoms. The van der Waals surface area contributed by atoms with E-state index < -0.39 is 0 Å². The third-order valence-corrected chi connectivity index (χ3v) is 3.14. The smallest absolute Gasteiger partial charge is 0.171 e. The first-order valence-corrected chi connectivity index (χ1v) is 6.45. The Morgan fingerprint density at radius 1 is 1.33 bits per heavy atom. The Morgan fingerprint density at radius 3 is 2.44 bits per heavy atom. The third kappa shape index (κ3) is 4.49. The molecule has 100 valence electrons. The quantitative estimate of drug-likeness (QED) is 0.735. The van der Waals surface area contributed by atoms with Gasteiger partial charge in [-0.05, 0) is 36.7 Å². The molecule has 0 aliphatic carbocycles. The van der Waals surface area contributed by atoms with Crippen LogP contribution in [0.4, 0.5) is 11.5 Å². The average Bonchev–Trinajstić information content (AvgIpc) is 2.28. The number of nitrogens with zero attached hydrogens (tertiary/aromatic N) is 1. The minimum atomic E-state index is 0.167. The van der Waals surface area contributed by atoms with Crippen molar-refractivity contribution in [3.05, 3.63) is 18.3 Å². The molecule has 0 aliphatic heterocycles. The molecule has 1 aromatic heterocycles. The van der Waals surface area contributed by atoms with Crippen molar-refractivity contribution in [2.45, 2.75) is 33.7 Å². The van der Waals surface area contributed by atoms with Crippen LogP contribution in [0.3, 0.4) is 0 Å². The highest BCUT2D eigenvalue weighted by Crippen LogP contribution is 2.18. The van der Waals surface area contributed by atoms with Crippen molar-refractivity contribution in [1.82, 2.24) is 10.3 Å². The largest absolute Gasteiger partial charge is 0.373 e. The molecule has 0 aromatic carbocycles.